The molecule has 0 saturated carbocycles. The summed E-state index contributed by atoms with van der Waals surface area (Å²) in [4.78, 5) is 0. The molecule has 0 amide bonds. The lowest BCUT2D eigenvalue weighted by Crippen LogP contribution is -2.20. The maximum absolute atomic E-state index is 5.83. The van der Waals surface area contributed by atoms with Crippen molar-refractivity contribution in [2.45, 2.75) is 13.5 Å². The number of hydrogen-bond donors (Lipinski definition) is 1. The minimum Gasteiger partial charge on any atom is -0.491 e. The Hall–Kier alpha value is -2.48. The van der Waals surface area contributed by atoms with Gasteiger partial charge in [-0.05, 0) is 30.2 Å². The topological polar surface area (TPSA) is 21.3 Å². The Morgan fingerprint density at radius 2 is 1.71 bits per heavy atom. The summed E-state index contributed by atoms with van der Waals surface area (Å²) in [6.07, 6.45) is 4.13. The van der Waals surface area contributed by atoms with Crippen molar-refractivity contribution < 1.29 is 4.74 Å². The van der Waals surface area contributed by atoms with Crippen molar-refractivity contribution in [1.82, 2.24) is 5.32 Å². The maximum atomic E-state index is 5.83. The van der Waals surface area contributed by atoms with Crippen molar-refractivity contribution in [2.24, 2.45) is 0 Å². The second-order valence-corrected chi connectivity index (χ2v) is 5.21. The van der Waals surface area contributed by atoms with Crippen LogP contribution in [0.3, 0.4) is 0 Å². The second-order valence-electron chi connectivity index (χ2n) is 5.21. The Kier molecular flexibility index (Phi) is 4.06. The number of ether oxygens (including phenoxy) is 1. The summed E-state index contributed by atoms with van der Waals surface area (Å²) < 4.78 is 5.83. The first-order valence-corrected chi connectivity index (χ1v) is 7.20. The molecule has 0 aromatic heterocycles. The molecule has 0 atom stereocenters. The van der Waals surface area contributed by atoms with E-state index in [1.165, 1.54) is 16.7 Å². The predicted octanol–water partition coefficient (Wildman–Crippen LogP) is 4.04. The van der Waals surface area contributed by atoms with Crippen molar-refractivity contribution in [3.05, 3.63) is 89.2 Å². The fourth-order valence-electron chi connectivity index (χ4n) is 2.26. The van der Waals surface area contributed by atoms with Crippen LogP contribution in [0.5, 0.6) is 0 Å². The summed E-state index contributed by atoms with van der Waals surface area (Å²) in [5.74, 6) is 0.967. The fourth-order valence-corrected chi connectivity index (χ4v) is 2.26. The number of benzene rings is 2. The van der Waals surface area contributed by atoms with Crippen molar-refractivity contribution in [3.8, 4) is 0 Å². The molecule has 3 rings (SSSR count). The predicted molar refractivity (Wildman–Crippen MR) is 86.5 cm³/mol. The first-order chi connectivity index (χ1) is 10.3. The number of allylic oxidation sites excluding steroid dienone is 2. The van der Waals surface area contributed by atoms with Crippen LogP contribution in [-0.2, 0) is 11.3 Å². The molecule has 2 nitrogen and oxygen atoms in total. The van der Waals surface area contributed by atoms with Crippen LogP contribution < -0.4 is 5.32 Å². The van der Waals surface area contributed by atoms with E-state index in [2.05, 4.69) is 60.8 Å². The van der Waals surface area contributed by atoms with Crippen LogP contribution in [0.2, 0.25) is 0 Å². The molecule has 21 heavy (non-hydrogen) atoms. The van der Waals surface area contributed by atoms with E-state index in [1.807, 2.05) is 18.2 Å². The van der Waals surface area contributed by atoms with Gasteiger partial charge in [-0.2, -0.15) is 0 Å². The molecular formula is C19H19NO. The van der Waals surface area contributed by atoms with Crippen molar-refractivity contribution in [3.63, 3.8) is 0 Å². The van der Waals surface area contributed by atoms with Gasteiger partial charge in [0.25, 0.3) is 0 Å². The summed E-state index contributed by atoms with van der Waals surface area (Å²) in [6.45, 7) is 3.44. The lowest BCUT2D eigenvalue weighted by molar-refractivity contribution is 0.193. The van der Waals surface area contributed by atoms with E-state index < -0.39 is 0 Å². The fraction of sp³-hybridized carbons (Fsp3) is 0.158. The van der Waals surface area contributed by atoms with Gasteiger partial charge in [0.15, 0.2) is 0 Å². The smallest absolute Gasteiger partial charge is 0.116 e. The van der Waals surface area contributed by atoms with Gasteiger partial charge in [-0.3, -0.25) is 0 Å². The van der Waals surface area contributed by atoms with Crippen LogP contribution in [0.1, 0.15) is 16.7 Å². The van der Waals surface area contributed by atoms with Gasteiger partial charge in [-0.15, -0.1) is 0 Å². The Labute approximate surface area is 125 Å². The monoisotopic (exact) mass is 277 g/mol. The van der Waals surface area contributed by atoms with E-state index >= 15 is 0 Å². The van der Waals surface area contributed by atoms with Gasteiger partial charge in [-0.25, -0.2) is 0 Å². The molecule has 2 aromatic carbocycles. The first kappa shape index (κ1) is 13.5. The van der Waals surface area contributed by atoms with Crippen LogP contribution in [0.15, 0.2) is 72.5 Å². The molecule has 0 unspecified atom stereocenters. The van der Waals surface area contributed by atoms with E-state index in [0.717, 1.165) is 18.0 Å². The molecule has 0 saturated heterocycles. The van der Waals surface area contributed by atoms with Gasteiger partial charge in [0.05, 0.1) is 6.54 Å². The molecule has 0 radical (unpaired) electrons. The lowest BCUT2D eigenvalue weighted by atomic mass is 10.1. The van der Waals surface area contributed by atoms with Crippen molar-refractivity contribution in [2.75, 3.05) is 6.54 Å². The van der Waals surface area contributed by atoms with Crippen LogP contribution in [0.25, 0.3) is 5.70 Å². The molecular weight excluding hydrogens is 258 g/mol. The zero-order valence-corrected chi connectivity index (χ0v) is 12.2. The average molecular weight is 277 g/mol. The number of aryl methyl sites for hydroxylation is 1. The zero-order valence-electron chi connectivity index (χ0n) is 12.2. The van der Waals surface area contributed by atoms with Gasteiger partial charge in [0.2, 0.25) is 0 Å². The molecule has 2 aromatic rings. The molecule has 1 aliphatic heterocycles. The highest BCUT2D eigenvalue weighted by molar-refractivity contribution is 5.67. The standard InChI is InChI=1S/C19H19NO/c1-15-7-9-17(10-8-15)19-12-11-18(13-20-19)21-14-16-5-3-2-4-6-16/h2-12,20H,13-14H2,1H3. The van der Waals surface area contributed by atoms with Crippen LogP contribution in [0.4, 0.5) is 0 Å². The molecule has 0 spiro atoms. The van der Waals surface area contributed by atoms with Crippen LogP contribution >= 0.6 is 0 Å². The third-order valence-corrected chi connectivity index (χ3v) is 3.52. The molecule has 1 heterocycles. The lowest BCUT2D eigenvalue weighted by Gasteiger charge is -2.18. The van der Waals surface area contributed by atoms with E-state index in [9.17, 15) is 0 Å². The van der Waals surface area contributed by atoms with Gasteiger partial charge in [0, 0.05) is 5.70 Å². The minimum absolute atomic E-state index is 0.613. The number of nitrogens with one attached hydrogen (secondary N) is 1. The summed E-state index contributed by atoms with van der Waals surface area (Å²) in [5, 5.41) is 3.41. The summed E-state index contributed by atoms with van der Waals surface area (Å²) in [7, 11) is 0. The minimum atomic E-state index is 0.613. The number of hydrogen-bond acceptors (Lipinski definition) is 2. The Balaban J connectivity index is 1.64. The van der Waals surface area contributed by atoms with Crippen molar-refractivity contribution in [1.29, 1.82) is 0 Å². The molecule has 2 heteroatoms. The SMILES string of the molecule is Cc1ccc(C2=CC=C(OCc3ccccc3)CN2)cc1. The van der Waals surface area contributed by atoms with Gasteiger partial charge >= 0.3 is 0 Å². The van der Waals surface area contributed by atoms with E-state index in [4.69, 9.17) is 4.74 Å². The number of dihydropyridines is 1. The van der Waals surface area contributed by atoms with E-state index in [1.54, 1.807) is 0 Å². The third kappa shape index (κ3) is 3.54. The van der Waals surface area contributed by atoms with Gasteiger partial charge < -0.3 is 10.1 Å². The highest BCUT2D eigenvalue weighted by atomic mass is 16.5. The zero-order chi connectivity index (χ0) is 14.5. The number of rotatable bonds is 4. The Morgan fingerprint density at radius 3 is 2.38 bits per heavy atom. The normalized spacial score (nSPS) is 14.0. The third-order valence-electron chi connectivity index (χ3n) is 3.52. The largest absolute Gasteiger partial charge is 0.491 e. The van der Waals surface area contributed by atoms with E-state index in [0.29, 0.717) is 6.61 Å². The molecule has 1 N–H and O–H groups in total. The molecule has 0 bridgehead atoms. The maximum Gasteiger partial charge on any atom is 0.116 e. The second kappa shape index (κ2) is 6.31. The molecule has 106 valence electrons. The Morgan fingerprint density at radius 1 is 0.952 bits per heavy atom. The first-order valence-electron chi connectivity index (χ1n) is 7.20. The summed E-state index contributed by atoms with van der Waals surface area (Å²) in [5.41, 5.74) is 4.81. The average Bonchev–Trinajstić information content (AvgIpc) is 2.55. The van der Waals surface area contributed by atoms with Gasteiger partial charge in [0.1, 0.15) is 12.4 Å². The Bertz CT molecular complexity index is 654. The quantitative estimate of drug-likeness (QED) is 0.910. The molecule has 0 aliphatic carbocycles. The van der Waals surface area contributed by atoms with Gasteiger partial charge in [-0.1, -0.05) is 60.2 Å². The molecule has 1 aliphatic rings. The highest BCUT2D eigenvalue weighted by Gasteiger charge is 2.08. The van der Waals surface area contributed by atoms with E-state index in [-0.39, 0.29) is 0 Å². The molecule has 0 fully saturated rings. The van der Waals surface area contributed by atoms with Crippen LogP contribution in [0, 0.1) is 6.92 Å². The highest BCUT2D eigenvalue weighted by Crippen LogP contribution is 2.17. The summed E-state index contributed by atoms with van der Waals surface area (Å²) in [6, 6.07) is 18.8. The van der Waals surface area contributed by atoms with Crippen molar-refractivity contribution >= 4 is 5.70 Å². The summed E-state index contributed by atoms with van der Waals surface area (Å²) >= 11 is 0. The van der Waals surface area contributed by atoms with Crippen LogP contribution in [-0.4, -0.2) is 6.54 Å².